The molecular formula is C24H28F2N2O. The van der Waals surface area contributed by atoms with Gasteiger partial charge in [0.25, 0.3) is 0 Å². The molecule has 5 heteroatoms. The van der Waals surface area contributed by atoms with E-state index in [2.05, 4.69) is 12.2 Å². The monoisotopic (exact) mass is 398 g/mol. The molecule has 154 valence electrons. The maximum Gasteiger partial charge on any atom is 0.210 e. The van der Waals surface area contributed by atoms with E-state index in [1.807, 2.05) is 36.5 Å². The van der Waals surface area contributed by atoms with Gasteiger partial charge < -0.3 is 10.2 Å². The van der Waals surface area contributed by atoms with Crippen LogP contribution in [0.3, 0.4) is 0 Å². The molecule has 0 spiro atoms. The van der Waals surface area contributed by atoms with Crippen LogP contribution in [0, 0.1) is 17.6 Å². The molecule has 4 rings (SSSR count). The molecule has 1 aromatic carbocycles. The largest absolute Gasteiger partial charge is 0.331 e. The van der Waals surface area contributed by atoms with Gasteiger partial charge in [-0.05, 0) is 61.2 Å². The summed E-state index contributed by atoms with van der Waals surface area (Å²) in [4.78, 5) is 12.9. The summed E-state index contributed by atoms with van der Waals surface area (Å²) in [6.45, 7) is 5.05. The number of carbonyl (C=O) groups is 1. The van der Waals surface area contributed by atoms with Crippen LogP contribution in [-0.2, 0) is 4.79 Å². The van der Waals surface area contributed by atoms with E-state index >= 15 is 0 Å². The molecular weight excluding hydrogens is 370 g/mol. The Morgan fingerprint density at radius 2 is 2.10 bits per heavy atom. The van der Waals surface area contributed by atoms with Gasteiger partial charge in [-0.25, -0.2) is 8.78 Å². The van der Waals surface area contributed by atoms with Crippen LogP contribution in [0.1, 0.15) is 31.7 Å². The minimum atomic E-state index is -0.488. The van der Waals surface area contributed by atoms with E-state index in [4.69, 9.17) is 0 Å². The van der Waals surface area contributed by atoms with Gasteiger partial charge in [-0.3, -0.25) is 4.79 Å². The fourth-order valence-corrected chi connectivity index (χ4v) is 3.85. The molecule has 2 unspecified atom stereocenters. The molecule has 1 amide bonds. The SMILES string of the molecule is CCC1CCNC1.O=CN1CC(c2cc(F)ccc2F)=CC1C1=CC=CC=CC1. The van der Waals surface area contributed by atoms with Crippen molar-refractivity contribution in [3.8, 4) is 0 Å². The third kappa shape index (κ3) is 5.51. The van der Waals surface area contributed by atoms with E-state index < -0.39 is 11.6 Å². The van der Waals surface area contributed by atoms with Crippen molar-refractivity contribution in [2.24, 2.45) is 5.92 Å². The molecule has 1 saturated heterocycles. The van der Waals surface area contributed by atoms with Crippen molar-refractivity contribution in [1.29, 1.82) is 0 Å². The van der Waals surface area contributed by atoms with Crippen LogP contribution in [0.25, 0.3) is 5.57 Å². The third-order valence-electron chi connectivity index (χ3n) is 5.62. The van der Waals surface area contributed by atoms with Gasteiger partial charge in [0.05, 0.1) is 6.04 Å². The highest BCUT2D eigenvalue weighted by Gasteiger charge is 2.28. The average molecular weight is 398 g/mol. The summed E-state index contributed by atoms with van der Waals surface area (Å²) in [7, 11) is 0. The number of hydrogen-bond donors (Lipinski definition) is 1. The summed E-state index contributed by atoms with van der Waals surface area (Å²) in [5.74, 6) is 0.0201. The highest BCUT2D eigenvalue weighted by Crippen LogP contribution is 2.31. The predicted octanol–water partition coefficient (Wildman–Crippen LogP) is 4.64. The van der Waals surface area contributed by atoms with Crippen LogP contribution in [0.15, 0.2) is 60.2 Å². The number of carbonyl (C=O) groups excluding carboxylic acids is 1. The molecule has 1 aromatic rings. The van der Waals surface area contributed by atoms with Gasteiger partial charge in [-0.1, -0.05) is 49.8 Å². The number of benzene rings is 1. The normalized spacial score (nSPS) is 23.2. The standard InChI is InChI=1S/C18H15F2NO.C6H13N/c19-15-7-8-17(20)16(10-15)14-9-18(21(11-14)12-22)13-5-3-1-2-4-6-13;1-2-6-3-4-7-5-6/h1-5,7-10,12,18H,6,11H2;6-7H,2-5H2,1H3. The molecule has 2 aliphatic heterocycles. The summed E-state index contributed by atoms with van der Waals surface area (Å²) in [6, 6.07) is 3.16. The number of halogens is 2. The zero-order chi connectivity index (χ0) is 20.6. The lowest BCUT2D eigenvalue weighted by atomic mass is 10.0. The Morgan fingerprint density at radius 3 is 2.79 bits per heavy atom. The molecule has 1 N–H and O–H groups in total. The van der Waals surface area contributed by atoms with Crippen LogP contribution < -0.4 is 5.32 Å². The zero-order valence-corrected chi connectivity index (χ0v) is 16.8. The summed E-state index contributed by atoms with van der Waals surface area (Å²) in [5.41, 5.74) is 1.89. The van der Waals surface area contributed by atoms with E-state index in [0.29, 0.717) is 5.57 Å². The Morgan fingerprint density at radius 1 is 1.24 bits per heavy atom. The van der Waals surface area contributed by atoms with Gasteiger partial charge >= 0.3 is 0 Å². The van der Waals surface area contributed by atoms with Crippen LogP contribution in [0.2, 0.25) is 0 Å². The predicted molar refractivity (Wildman–Crippen MR) is 113 cm³/mol. The van der Waals surface area contributed by atoms with E-state index in [9.17, 15) is 13.6 Å². The van der Waals surface area contributed by atoms with E-state index in [1.165, 1.54) is 32.0 Å². The third-order valence-corrected chi connectivity index (χ3v) is 5.62. The summed E-state index contributed by atoms with van der Waals surface area (Å²) in [5, 5.41) is 3.32. The minimum absolute atomic E-state index is 0.217. The first-order chi connectivity index (χ1) is 14.1. The zero-order valence-electron chi connectivity index (χ0n) is 16.8. The molecule has 0 saturated carbocycles. The van der Waals surface area contributed by atoms with E-state index in [1.54, 1.807) is 4.90 Å². The van der Waals surface area contributed by atoms with Gasteiger partial charge in [-0.15, -0.1) is 0 Å². The lowest BCUT2D eigenvalue weighted by Gasteiger charge is -2.21. The van der Waals surface area contributed by atoms with Crippen molar-refractivity contribution < 1.29 is 13.6 Å². The molecule has 2 heterocycles. The van der Waals surface area contributed by atoms with Crippen molar-refractivity contribution in [3.05, 3.63) is 77.4 Å². The highest BCUT2D eigenvalue weighted by molar-refractivity contribution is 5.74. The van der Waals surface area contributed by atoms with Crippen LogP contribution in [-0.4, -0.2) is 37.0 Å². The minimum Gasteiger partial charge on any atom is -0.331 e. The Labute approximate surface area is 171 Å². The molecule has 1 fully saturated rings. The quantitative estimate of drug-likeness (QED) is 0.750. The Kier molecular flexibility index (Phi) is 7.53. The molecule has 2 atom stereocenters. The Balaban J connectivity index is 0.000000290. The number of hydrogen-bond acceptors (Lipinski definition) is 2. The van der Waals surface area contributed by atoms with Crippen molar-refractivity contribution in [3.63, 3.8) is 0 Å². The second kappa shape index (κ2) is 10.3. The first kappa shape index (κ1) is 21.2. The maximum atomic E-state index is 13.9. The first-order valence-electron chi connectivity index (χ1n) is 10.2. The van der Waals surface area contributed by atoms with Crippen molar-refractivity contribution in [1.82, 2.24) is 10.2 Å². The molecule has 0 radical (unpaired) electrons. The first-order valence-corrected chi connectivity index (χ1v) is 10.2. The lowest BCUT2D eigenvalue weighted by molar-refractivity contribution is -0.117. The number of rotatable bonds is 4. The van der Waals surface area contributed by atoms with Crippen LogP contribution in [0.5, 0.6) is 0 Å². The van der Waals surface area contributed by atoms with Gasteiger partial charge in [0.1, 0.15) is 11.6 Å². The van der Waals surface area contributed by atoms with Crippen LogP contribution in [0.4, 0.5) is 8.78 Å². The molecule has 0 bridgehead atoms. The van der Waals surface area contributed by atoms with Crippen molar-refractivity contribution in [2.45, 2.75) is 32.2 Å². The van der Waals surface area contributed by atoms with Crippen molar-refractivity contribution >= 4 is 12.0 Å². The summed E-state index contributed by atoms with van der Waals surface area (Å²) >= 11 is 0. The fourth-order valence-electron chi connectivity index (χ4n) is 3.85. The Bertz CT molecular complexity index is 835. The topological polar surface area (TPSA) is 32.3 Å². The smallest absolute Gasteiger partial charge is 0.210 e. The second-order valence-electron chi connectivity index (χ2n) is 7.56. The highest BCUT2D eigenvalue weighted by atomic mass is 19.1. The maximum absolute atomic E-state index is 13.9. The van der Waals surface area contributed by atoms with E-state index in [-0.39, 0.29) is 18.2 Å². The summed E-state index contributed by atoms with van der Waals surface area (Å²) < 4.78 is 27.3. The molecule has 3 aliphatic rings. The van der Waals surface area contributed by atoms with Crippen molar-refractivity contribution in [2.75, 3.05) is 19.6 Å². The van der Waals surface area contributed by atoms with Gasteiger partial charge in [0, 0.05) is 12.1 Å². The molecule has 1 aliphatic carbocycles. The van der Waals surface area contributed by atoms with E-state index in [0.717, 1.165) is 36.5 Å². The van der Waals surface area contributed by atoms with Gasteiger partial charge in [0.2, 0.25) is 6.41 Å². The van der Waals surface area contributed by atoms with Gasteiger partial charge in [-0.2, -0.15) is 0 Å². The summed E-state index contributed by atoms with van der Waals surface area (Å²) in [6.07, 6.45) is 15.8. The average Bonchev–Trinajstić information content (AvgIpc) is 3.34. The lowest BCUT2D eigenvalue weighted by Crippen LogP contribution is -2.30. The Hall–Kier alpha value is -2.53. The number of nitrogens with zero attached hydrogens (tertiary/aromatic N) is 1. The molecule has 0 aromatic heterocycles. The van der Waals surface area contributed by atoms with Gasteiger partial charge in [0.15, 0.2) is 0 Å². The molecule has 29 heavy (non-hydrogen) atoms. The second-order valence-corrected chi connectivity index (χ2v) is 7.56. The molecule has 3 nitrogen and oxygen atoms in total. The number of nitrogens with one attached hydrogen (secondary N) is 1. The number of allylic oxidation sites excluding steroid dienone is 5. The fraction of sp³-hybridized carbons (Fsp3) is 0.375. The van der Waals surface area contributed by atoms with Crippen LogP contribution >= 0.6 is 0 Å². The number of amides is 1.